The number of benzene rings is 1. The van der Waals surface area contributed by atoms with Gasteiger partial charge in [-0.05, 0) is 72.1 Å². The lowest BCUT2D eigenvalue weighted by Gasteiger charge is -2.27. The maximum atomic E-state index is 13.9. The van der Waals surface area contributed by atoms with Gasteiger partial charge in [-0.15, -0.1) is 0 Å². The molecule has 0 aliphatic carbocycles. The van der Waals surface area contributed by atoms with E-state index in [1.165, 1.54) is 67.7 Å². The predicted octanol–water partition coefficient (Wildman–Crippen LogP) is 8.48. The number of nitrogens with zero attached hydrogens (tertiary/aromatic N) is 4. The minimum atomic E-state index is -1.15. The van der Waals surface area contributed by atoms with Gasteiger partial charge in [0, 0.05) is 30.2 Å². The number of thioether (sulfide) groups is 1. The summed E-state index contributed by atoms with van der Waals surface area (Å²) in [6.07, 6.45) is 14.7. The Morgan fingerprint density at radius 1 is 0.785 bits per heavy atom. The number of carbonyl (C=O) groups excluding carboxylic acids is 4. The number of imidazole rings is 1. The van der Waals surface area contributed by atoms with E-state index in [0.29, 0.717) is 36.0 Å². The molecule has 364 valence electrons. The van der Waals surface area contributed by atoms with Gasteiger partial charge in [0.05, 0.1) is 18.8 Å². The van der Waals surface area contributed by atoms with E-state index in [-0.39, 0.29) is 48.8 Å². The maximum absolute atomic E-state index is 13.9. The number of alkyl carbamates (subject to hydrolysis) is 1. The van der Waals surface area contributed by atoms with E-state index < -0.39 is 41.2 Å². The molecule has 0 aliphatic heterocycles. The van der Waals surface area contributed by atoms with Crippen molar-refractivity contribution in [1.82, 2.24) is 30.2 Å². The summed E-state index contributed by atoms with van der Waals surface area (Å²) >= 11 is 1.32. The van der Waals surface area contributed by atoms with Crippen molar-refractivity contribution in [3.8, 4) is 6.01 Å². The molecule has 3 aromatic rings. The zero-order valence-corrected chi connectivity index (χ0v) is 41.0. The number of rotatable bonds is 30. The van der Waals surface area contributed by atoms with Gasteiger partial charge in [0.1, 0.15) is 24.3 Å². The topological polar surface area (TPSA) is 234 Å². The van der Waals surface area contributed by atoms with Gasteiger partial charge in [0.25, 0.3) is 6.01 Å². The molecule has 2 heterocycles. The molecule has 0 aliphatic rings. The fourth-order valence-corrected chi connectivity index (χ4v) is 7.40. The normalized spacial score (nSPS) is 12.7. The standard InChI is InChI=1S/C47H77N9O8S/c1-9-11-13-14-15-16-17-18-19-20-21-22-37(57)62-28-29-65-32-36(52-45(61)64-47(6,7)8)42(59)51-35(31-63-46(3,4)5)41(58)50-34-25-23-33(24-26-34)30-56-40-38(53-44(56)60)39(48)54-43(55-40)49-27-12-10-2/h23-26,35-36H,9-22,27-32H2,1-8H3,(H,50,58)(H,51,59)(H,52,61)(H,53,60)(H3,48,49,54,55). The van der Waals surface area contributed by atoms with E-state index >= 15 is 0 Å². The van der Waals surface area contributed by atoms with Crippen molar-refractivity contribution in [2.45, 2.75) is 175 Å². The number of nitrogen functional groups attached to an aromatic ring is 1. The molecule has 17 nitrogen and oxygen atoms in total. The Hall–Kier alpha value is -4.84. The number of aromatic nitrogens is 4. The van der Waals surface area contributed by atoms with Gasteiger partial charge >= 0.3 is 12.1 Å². The third-order valence-corrected chi connectivity index (χ3v) is 11.1. The number of ether oxygens (including phenoxy) is 3. The van der Waals surface area contributed by atoms with Crippen LogP contribution in [0.5, 0.6) is 6.01 Å². The van der Waals surface area contributed by atoms with Crippen LogP contribution in [-0.4, -0.2) is 103 Å². The molecule has 0 radical (unpaired) electrons. The van der Waals surface area contributed by atoms with Crippen LogP contribution in [0.15, 0.2) is 24.3 Å². The van der Waals surface area contributed by atoms with E-state index in [1.807, 2.05) is 20.8 Å². The Labute approximate surface area is 390 Å². The Kier molecular flexibility index (Phi) is 23.7. The molecule has 0 saturated heterocycles. The van der Waals surface area contributed by atoms with Crippen LogP contribution in [0.25, 0.3) is 11.2 Å². The summed E-state index contributed by atoms with van der Waals surface area (Å²) in [5, 5.41) is 22.1. The Morgan fingerprint density at radius 3 is 2.03 bits per heavy atom. The highest BCUT2D eigenvalue weighted by Gasteiger charge is 2.30. The molecule has 2 unspecified atom stereocenters. The van der Waals surface area contributed by atoms with Crippen molar-refractivity contribution in [2.24, 2.45) is 0 Å². The van der Waals surface area contributed by atoms with E-state index in [1.54, 1.807) is 45.0 Å². The van der Waals surface area contributed by atoms with Crippen molar-refractivity contribution >= 4 is 64.3 Å². The van der Waals surface area contributed by atoms with Crippen LogP contribution in [0.1, 0.15) is 151 Å². The van der Waals surface area contributed by atoms with Gasteiger partial charge in [-0.3, -0.25) is 19.0 Å². The summed E-state index contributed by atoms with van der Waals surface area (Å²) in [5.41, 5.74) is 6.56. The molecular weight excluding hydrogens is 851 g/mol. The van der Waals surface area contributed by atoms with Crippen LogP contribution in [0, 0.1) is 0 Å². The van der Waals surface area contributed by atoms with Crippen LogP contribution in [0.3, 0.4) is 0 Å². The van der Waals surface area contributed by atoms with Gasteiger partial charge in [-0.25, -0.2) is 4.79 Å². The summed E-state index contributed by atoms with van der Waals surface area (Å²) in [5.74, 6) is -0.413. The molecule has 0 spiro atoms. The van der Waals surface area contributed by atoms with Crippen molar-refractivity contribution in [3.63, 3.8) is 0 Å². The minimum Gasteiger partial charge on any atom is -0.480 e. The number of nitrogens with two attached hydrogens (primary N) is 1. The highest BCUT2D eigenvalue weighted by Crippen LogP contribution is 2.26. The van der Waals surface area contributed by atoms with Crippen molar-refractivity contribution in [3.05, 3.63) is 29.8 Å². The fourth-order valence-electron chi connectivity index (χ4n) is 6.56. The number of fused-ring (bicyclic) bond motifs is 1. The van der Waals surface area contributed by atoms with Gasteiger partial charge in [-0.2, -0.15) is 26.7 Å². The van der Waals surface area contributed by atoms with Crippen molar-refractivity contribution < 1.29 is 38.5 Å². The van der Waals surface area contributed by atoms with E-state index in [9.17, 15) is 24.3 Å². The molecule has 1 aromatic carbocycles. The Balaban J connectivity index is 1.59. The van der Waals surface area contributed by atoms with Gasteiger partial charge in [0.15, 0.2) is 17.0 Å². The van der Waals surface area contributed by atoms with Crippen molar-refractivity contribution in [1.29, 1.82) is 0 Å². The minimum absolute atomic E-state index is 0.119. The molecule has 3 amide bonds. The summed E-state index contributed by atoms with van der Waals surface area (Å²) in [4.78, 5) is 65.9. The number of esters is 1. The van der Waals surface area contributed by atoms with Crippen LogP contribution < -0.4 is 27.0 Å². The van der Waals surface area contributed by atoms with Gasteiger partial charge in [0.2, 0.25) is 17.8 Å². The lowest BCUT2D eigenvalue weighted by atomic mass is 10.1. The fraction of sp³-hybridized carbons (Fsp3) is 0.681. The number of amides is 3. The predicted molar refractivity (Wildman–Crippen MR) is 259 cm³/mol. The molecule has 2 atom stereocenters. The quantitative estimate of drug-likeness (QED) is 0.0272. The number of carbonyl (C=O) groups is 4. The molecule has 7 N–H and O–H groups in total. The van der Waals surface area contributed by atoms with Gasteiger partial charge < -0.3 is 46.3 Å². The SMILES string of the molecule is CCCCCCCCCCCCCC(=O)OCCSCC(NC(=O)OC(C)(C)C)C(=O)NC(COC(C)(C)C)C(=O)Nc1ccc(Cn2c(O)nc3c(N)nc(NCCCC)nc32)cc1. The lowest BCUT2D eigenvalue weighted by molar-refractivity contribution is -0.143. The number of anilines is 3. The second kappa shape index (κ2) is 28.3. The average Bonchev–Trinajstić information content (AvgIpc) is 3.54. The van der Waals surface area contributed by atoms with E-state index in [0.717, 1.165) is 37.7 Å². The smallest absolute Gasteiger partial charge is 0.408 e. The summed E-state index contributed by atoms with van der Waals surface area (Å²) in [7, 11) is 0. The first-order chi connectivity index (χ1) is 30.9. The van der Waals surface area contributed by atoms with E-state index in [2.05, 4.69) is 50.1 Å². The first-order valence-corrected chi connectivity index (χ1v) is 24.6. The van der Waals surface area contributed by atoms with Crippen molar-refractivity contribution in [2.75, 3.05) is 47.6 Å². The number of unbranched alkanes of at least 4 members (excludes halogenated alkanes) is 11. The largest absolute Gasteiger partial charge is 0.480 e. The second-order valence-corrected chi connectivity index (χ2v) is 19.5. The maximum Gasteiger partial charge on any atom is 0.408 e. The molecule has 3 rings (SSSR count). The Bertz CT molecular complexity index is 1910. The number of aromatic hydroxyl groups is 1. The molecule has 0 fully saturated rings. The molecule has 0 bridgehead atoms. The first-order valence-electron chi connectivity index (χ1n) is 23.4. The van der Waals surface area contributed by atoms with Crippen LogP contribution in [-0.2, 0) is 35.1 Å². The highest BCUT2D eigenvalue weighted by atomic mass is 32.2. The lowest BCUT2D eigenvalue weighted by Crippen LogP contribution is -2.55. The number of hydrogen-bond acceptors (Lipinski definition) is 14. The number of nitrogens with one attached hydrogen (secondary N) is 4. The van der Waals surface area contributed by atoms with Crippen LogP contribution in [0.2, 0.25) is 0 Å². The second-order valence-electron chi connectivity index (χ2n) is 18.3. The van der Waals surface area contributed by atoms with E-state index in [4.69, 9.17) is 19.9 Å². The number of hydrogen-bond donors (Lipinski definition) is 6. The Morgan fingerprint density at radius 2 is 1.42 bits per heavy atom. The molecular formula is C47H77N9O8S. The molecule has 65 heavy (non-hydrogen) atoms. The molecule has 18 heteroatoms. The zero-order chi connectivity index (χ0) is 47.8. The molecule has 0 saturated carbocycles. The monoisotopic (exact) mass is 928 g/mol. The highest BCUT2D eigenvalue weighted by molar-refractivity contribution is 7.99. The van der Waals surface area contributed by atoms with Gasteiger partial charge in [-0.1, -0.05) is 96.6 Å². The summed E-state index contributed by atoms with van der Waals surface area (Å²) in [6.45, 7) is 15.8. The third kappa shape index (κ3) is 21.8. The summed E-state index contributed by atoms with van der Waals surface area (Å²) in [6, 6.07) is 4.44. The third-order valence-electron chi connectivity index (χ3n) is 10.1. The first kappa shape index (κ1) is 54.5. The van der Waals surface area contributed by atoms with Crippen LogP contribution >= 0.6 is 11.8 Å². The zero-order valence-electron chi connectivity index (χ0n) is 40.2. The van der Waals surface area contributed by atoms with Crippen LogP contribution in [0.4, 0.5) is 22.2 Å². The average molecular weight is 928 g/mol. The molecule has 2 aromatic heterocycles. The summed E-state index contributed by atoms with van der Waals surface area (Å²) < 4.78 is 18.4.